The van der Waals surface area contributed by atoms with Crippen LogP contribution in [0.5, 0.6) is 0 Å². The molecule has 0 N–H and O–H groups in total. The second kappa shape index (κ2) is 6.74. The molecule has 1 unspecified atom stereocenters. The number of hydrogen-bond acceptors (Lipinski definition) is 0. The summed E-state index contributed by atoms with van der Waals surface area (Å²) in [4.78, 5) is 0. The highest BCUT2D eigenvalue weighted by Gasteiger charge is 2.21. The lowest BCUT2D eigenvalue weighted by Gasteiger charge is -2.28. The lowest BCUT2D eigenvalue weighted by Crippen LogP contribution is -2.19. The first-order chi connectivity index (χ1) is 9.55. The Bertz CT molecular complexity index is 496. The highest BCUT2D eigenvalue weighted by atomic mass is 14.3. The molecule has 0 saturated heterocycles. The van der Waals surface area contributed by atoms with Gasteiger partial charge in [0.05, 0.1) is 0 Å². The Morgan fingerprint density at radius 1 is 0.800 bits per heavy atom. The average molecular weight is 266 g/mol. The fraction of sp³-hybridized carbons (Fsp3) is 0.400. The summed E-state index contributed by atoms with van der Waals surface area (Å²) < 4.78 is 0. The summed E-state index contributed by atoms with van der Waals surface area (Å²) in [6, 6.07) is 21.7. The lowest BCUT2D eigenvalue weighted by atomic mass is 9.77. The topological polar surface area (TPSA) is 0 Å². The van der Waals surface area contributed by atoms with Crippen LogP contribution in [0, 0.1) is 11.3 Å². The molecule has 2 aromatic rings. The van der Waals surface area contributed by atoms with Gasteiger partial charge in [-0.3, -0.25) is 0 Å². The third kappa shape index (κ3) is 4.85. The third-order valence-corrected chi connectivity index (χ3v) is 3.85. The molecule has 0 saturated carbocycles. The van der Waals surface area contributed by atoms with Crippen molar-refractivity contribution in [2.75, 3.05) is 0 Å². The fourth-order valence-electron chi connectivity index (χ4n) is 3.25. The molecule has 0 aromatic heterocycles. The summed E-state index contributed by atoms with van der Waals surface area (Å²) in [5, 5.41) is 0. The van der Waals surface area contributed by atoms with Crippen molar-refractivity contribution in [3.63, 3.8) is 0 Å². The highest BCUT2D eigenvalue weighted by Crippen LogP contribution is 2.31. The Morgan fingerprint density at radius 3 is 1.85 bits per heavy atom. The van der Waals surface area contributed by atoms with Crippen molar-refractivity contribution in [1.29, 1.82) is 0 Å². The fourth-order valence-corrected chi connectivity index (χ4v) is 3.25. The van der Waals surface area contributed by atoms with Crippen LogP contribution >= 0.6 is 0 Å². The largest absolute Gasteiger partial charge is 0.0622 e. The Balaban J connectivity index is 1.90. The Hall–Kier alpha value is -1.56. The van der Waals surface area contributed by atoms with E-state index in [-0.39, 0.29) is 0 Å². The van der Waals surface area contributed by atoms with E-state index in [0.717, 1.165) is 12.3 Å². The van der Waals surface area contributed by atoms with E-state index >= 15 is 0 Å². The maximum absolute atomic E-state index is 2.39. The molecule has 106 valence electrons. The molecule has 0 bridgehead atoms. The first-order valence-electron chi connectivity index (χ1n) is 7.63. The molecule has 2 rings (SSSR count). The molecule has 0 amide bonds. The smallest absolute Gasteiger partial charge is 0.0227 e. The molecule has 2 aromatic carbocycles. The number of hydrogen-bond donors (Lipinski definition) is 0. The van der Waals surface area contributed by atoms with Crippen LogP contribution in [-0.2, 0) is 12.8 Å². The molecule has 0 nitrogen and oxygen atoms in total. The highest BCUT2D eigenvalue weighted by molar-refractivity contribution is 5.17. The van der Waals surface area contributed by atoms with E-state index in [9.17, 15) is 0 Å². The van der Waals surface area contributed by atoms with Crippen LogP contribution in [0.1, 0.15) is 38.3 Å². The molecular weight excluding hydrogens is 240 g/mol. The van der Waals surface area contributed by atoms with Crippen molar-refractivity contribution in [3.8, 4) is 0 Å². The van der Waals surface area contributed by atoms with Crippen LogP contribution in [0.3, 0.4) is 0 Å². The summed E-state index contributed by atoms with van der Waals surface area (Å²) in [6.07, 6.45) is 3.60. The molecule has 20 heavy (non-hydrogen) atoms. The summed E-state index contributed by atoms with van der Waals surface area (Å²) in [5.74, 6) is 0.719. The number of rotatable bonds is 6. The molecule has 0 aliphatic carbocycles. The summed E-state index contributed by atoms with van der Waals surface area (Å²) in [6.45, 7) is 7.16. The average Bonchev–Trinajstić information content (AvgIpc) is 2.39. The molecule has 0 radical (unpaired) electrons. The van der Waals surface area contributed by atoms with E-state index in [2.05, 4.69) is 81.4 Å². The van der Waals surface area contributed by atoms with E-state index in [1.54, 1.807) is 0 Å². The second-order valence-corrected chi connectivity index (χ2v) is 6.83. The molecule has 0 spiro atoms. The Kier molecular flexibility index (Phi) is 5.00. The lowest BCUT2D eigenvalue weighted by molar-refractivity contribution is 0.274. The van der Waals surface area contributed by atoms with E-state index in [1.165, 1.54) is 24.0 Å². The maximum atomic E-state index is 2.39. The first kappa shape index (κ1) is 14.8. The van der Waals surface area contributed by atoms with Crippen molar-refractivity contribution < 1.29 is 0 Å². The zero-order chi connectivity index (χ0) is 14.4. The van der Waals surface area contributed by atoms with Gasteiger partial charge in [-0.1, -0.05) is 81.4 Å². The second-order valence-electron chi connectivity index (χ2n) is 6.83. The van der Waals surface area contributed by atoms with Gasteiger partial charge < -0.3 is 0 Å². The Morgan fingerprint density at radius 2 is 1.30 bits per heavy atom. The van der Waals surface area contributed by atoms with Crippen molar-refractivity contribution in [2.45, 2.75) is 40.0 Å². The van der Waals surface area contributed by atoms with Crippen molar-refractivity contribution in [3.05, 3.63) is 71.8 Å². The van der Waals surface area contributed by atoms with E-state index in [0.29, 0.717) is 5.41 Å². The monoisotopic (exact) mass is 266 g/mol. The predicted octanol–water partition coefficient (Wildman–Crippen LogP) is 5.52. The summed E-state index contributed by atoms with van der Waals surface area (Å²) >= 11 is 0. The van der Waals surface area contributed by atoms with E-state index < -0.39 is 0 Å². The zero-order valence-electron chi connectivity index (χ0n) is 13.0. The molecular formula is C20H26. The van der Waals surface area contributed by atoms with Crippen molar-refractivity contribution in [2.24, 2.45) is 11.3 Å². The molecule has 0 heteroatoms. The maximum Gasteiger partial charge on any atom is -0.0227 e. The van der Waals surface area contributed by atoms with Crippen molar-refractivity contribution >= 4 is 0 Å². The van der Waals surface area contributed by atoms with Crippen LogP contribution in [0.2, 0.25) is 0 Å². The van der Waals surface area contributed by atoms with Crippen LogP contribution in [0.25, 0.3) is 0 Å². The van der Waals surface area contributed by atoms with Crippen LogP contribution < -0.4 is 0 Å². The van der Waals surface area contributed by atoms with Gasteiger partial charge >= 0.3 is 0 Å². The standard InChI is InChI=1S/C20H26/c1-17(14-18-10-6-4-7-11-18)15-20(2,3)16-19-12-8-5-9-13-19/h4-13,17H,14-16H2,1-3H3. The van der Waals surface area contributed by atoms with Gasteiger partial charge in [0.15, 0.2) is 0 Å². The zero-order valence-corrected chi connectivity index (χ0v) is 13.0. The van der Waals surface area contributed by atoms with Gasteiger partial charge in [0, 0.05) is 0 Å². The van der Waals surface area contributed by atoms with Crippen molar-refractivity contribution in [1.82, 2.24) is 0 Å². The summed E-state index contributed by atoms with van der Waals surface area (Å²) in [7, 11) is 0. The van der Waals surface area contributed by atoms with Gasteiger partial charge in [-0.05, 0) is 41.7 Å². The van der Waals surface area contributed by atoms with E-state index in [4.69, 9.17) is 0 Å². The molecule has 0 aliphatic rings. The minimum atomic E-state index is 0.357. The van der Waals surface area contributed by atoms with Crippen LogP contribution in [-0.4, -0.2) is 0 Å². The predicted molar refractivity (Wildman–Crippen MR) is 87.9 cm³/mol. The minimum absolute atomic E-state index is 0.357. The third-order valence-electron chi connectivity index (χ3n) is 3.85. The van der Waals surface area contributed by atoms with Gasteiger partial charge in [0.1, 0.15) is 0 Å². The van der Waals surface area contributed by atoms with Gasteiger partial charge in [0.25, 0.3) is 0 Å². The number of benzene rings is 2. The summed E-state index contributed by atoms with van der Waals surface area (Å²) in [5.41, 5.74) is 3.26. The molecule has 0 aliphatic heterocycles. The molecule has 1 atom stereocenters. The van der Waals surface area contributed by atoms with Gasteiger partial charge in [-0.15, -0.1) is 0 Å². The normalized spacial score (nSPS) is 13.2. The minimum Gasteiger partial charge on any atom is -0.0622 e. The quantitative estimate of drug-likeness (QED) is 0.645. The Labute approximate surface area is 123 Å². The molecule has 0 fully saturated rings. The van der Waals surface area contributed by atoms with Crippen LogP contribution in [0.4, 0.5) is 0 Å². The first-order valence-corrected chi connectivity index (χ1v) is 7.63. The van der Waals surface area contributed by atoms with Gasteiger partial charge in [-0.2, -0.15) is 0 Å². The SMILES string of the molecule is CC(Cc1ccccc1)CC(C)(C)Cc1ccccc1. The molecule has 0 heterocycles. The van der Waals surface area contributed by atoms with Crippen LogP contribution in [0.15, 0.2) is 60.7 Å². The van der Waals surface area contributed by atoms with E-state index in [1.807, 2.05) is 0 Å². The van der Waals surface area contributed by atoms with Gasteiger partial charge in [-0.25, -0.2) is 0 Å². The van der Waals surface area contributed by atoms with Gasteiger partial charge in [0.2, 0.25) is 0 Å².